The SMILES string of the molecule is CC1CS(=O)CCN1CC(=O)Nc1cccc(S(=O)(=O)NC2=NCCCCC2)c1. The van der Waals surface area contributed by atoms with Crippen molar-refractivity contribution in [2.24, 2.45) is 4.99 Å². The molecule has 8 nitrogen and oxygen atoms in total. The van der Waals surface area contributed by atoms with Gasteiger partial charge in [0.25, 0.3) is 10.0 Å². The molecular weight excluding hydrogens is 412 g/mol. The van der Waals surface area contributed by atoms with Crippen molar-refractivity contribution in [1.29, 1.82) is 0 Å². The molecule has 1 fully saturated rings. The van der Waals surface area contributed by atoms with Crippen LogP contribution in [0.3, 0.4) is 0 Å². The normalized spacial score (nSPS) is 23.7. The Morgan fingerprint density at radius 2 is 2.14 bits per heavy atom. The van der Waals surface area contributed by atoms with E-state index in [4.69, 9.17) is 0 Å². The van der Waals surface area contributed by atoms with Gasteiger partial charge in [-0.2, -0.15) is 0 Å². The standard InChI is InChI=1S/C19H28N4O4S2/c1-15-14-28(25)11-10-23(15)13-19(24)21-16-6-5-7-17(12-16)29(26,27)22-18-8-3-2-4-9-20-18/h5-7,12,15H,2-4,8-11,13-14H2,1H3,(H,20,22)(H,21,24). The molecule has 29 heavy (non-hydrogen) atoms. The van der Waals surface area contributed by atoms with E-state index in [9.17, 15) is 17.4 Å². The molecular formula is C19H28N4O4S2. The minimum Gasteiger partial charge on any atom is -0.325 e. The Morgan fingerprint density at radius 1 is 1.31 bits per heavy atom. The summed E-state index contributed by atoms with van der Waals surface area (Å²) < 4.78 is 39.6. The number of hydrogen-bond acceptors (Lipinski definition) is 6. The Hall–Kier alpha value is -1.78. The lowest BCUT2D eigenvalue weighted by Gasteiger charge is -2.32. The molecule has 1 aromatic carbocycles. The fraction of sp³-hybridized carbons (Fsp3) is 0.579. The van der Waals surface area contributed by atoms with Crippen molar-refractivity contribution in [3.8, 4) is 0 Å². The van der Waals surface area contributed by atoms with Crippen LogP contribution in [0.4, 0.5) is 5.69 Å². The summed E-state index contributed by atoms with van der Waals surface area (Å²) in [5.74, 6) is 1.41. The van der Waals surface area contributed by atoms with Gasteiger partial charge in [-0.3, -0.25) is 23.6 Å². The van der Waals surface area contributed by atoms with Crippen LogP contribution >= 0.6 is 0 Å². The van der Waals surface area contributed by atoms with Crippen LogP contribution in [-0.2, 0) is 25.6 Å². The van der Waals surface area contributed by atoms with Crippen molar-refractivity contribution >= 4 is 38.3 Å². The number of nitrogens with zero attached hydrogens (tertiary/aromatic N) is 2. The number of benzene rings is 1. The predicted molar refractivity (Wildman–Crippen MR) is 115 cm³/mol. The van der Waals surface area contributed by atoms with Gasteiger partial charge in [0.05, 0.1) is 11.4 Å². The third-order valence-corrected chi connectivity index (χ3v) is 7.93. The second-order valence-electron chi connectivity index (χ2n) is 7.45. The van der Waals surface area contributed by atoms with Crippen molar-refractivity contribution in [2.45, 2.75) is 43.5 Å². The molecule has 1 aromatic rings. The number of amides is 1. The molecule has 1 saturated heterocycles. The molecule has 0 saturated carbocycles. The maximum Gasteiger partial charge on any atom is 0.262 e. The monoisotopic (exact) mass is 440 g/mol. The van der Waals surface area contributed by atoms with Gasteiger partial charge in [0.1, 0.15) is 5.84 Å². The molecule has 160 valence electrons. The number of aliphatic imine (C=N–C) groups is 1. The van der Waals surface area contributed by atoms with Crippen LogP contribution in [0.2, 0.25) is 0 Å². The number of anilines is 1. The number of rotatable bonds is 5. The molecule has 2 aliphatic heterocycles. The fourth-order valence-electron chi connectivity index (χ4n) is 3.43. The molecule has 0 aromatic heterocycles. The van der Waals surface area contributed by atoms with E-state index < -0.39 is 20.8 Å². The van der Waals surface area contributed by atoms with Gasteiger partial charge >= 0.3 is 0 Å². The van der Waals surface area contributed by atoms with Crippen LogP contribution < -0.4 is 10.0 Å². The topological polar surface area (TPSA) is 108 Å². The Kier molecular flexibility index (Phi) is 7.42. The number of sulfonamides is 1. The smallest absolute Gasteiger partial charge is 0.262 e. The molecule has 0 spiro atoms. The highest BCUT2D eigenvalue weighted by atomic mass is 32.2. The summed E-state index contributed by atoms with van der Waals surface area (Å²) in [5, 5.41) is 2.77. The third kappa shape index (κ3) is 6.35. The number of amidine groups is 1. The van der Waals surface area contributed by atoms with Gasteiger partial charge in [-0.05, 0) is 38.0 Å². The van der Waals surface area contributed by atoms with Crippen molar-refractivity contribution in [3.63, 3.8) is 0 Å². The molecule has 2 N–H and O–H groups in total. The quantitative estimate of drug-likeness (QED) is 0.718. The van der Waals surface area contributed by atoms with Gasteiger partial charge in [0.15, 0.2) is 0 Å². The largest absolute Gasteiger partial charge is 0.325 e. The number of carbonyl (C=O) groups excluding carboxylic acids is 1. The van der Waals surface area contributed by atoms with Crippen LogP contribution in [-0.4, -0.2) is 66.5 Å². The van der Waals surface area contributed by atoms with Crippen molar-refractivity contribution < 1.29 is 17.4 Å². The molecule has 10 heteroatoms. The second kappa shape index (κ2) is 9.82. The van der Waals surface area contributed by atoms with Gasteiger partial charge in [0, 0.05) is 53.5 Å². The first-order valence-corrected chi connectivity index (χ1v) is 12.9. The first-order valence-electron chi connectivity index (χ1n) is 9.88. The van der Waals surface area contributed by atoms with Crippen LogP contribution in [0, 0.1) is 0 Å². The summed E-state index contributed by atoms with van der Waals surface area (Å²) in [6, 6.07) is 6.29. The fourth-order valence-corrected chi connectivity index (χ4v) is 5.92. The molecule has 2 heterocycles. The van der Waals surface area contributed by atoms with Crippen LogP contribution in [0.1, 0.15) is 32.6 Å². The summed E-state index contributed by atoms with van der Waals surface area (Å²) >= 11 is 0. The summed E-state index contributed by atoms with van der Waals surface area (Å²) in [4.78, 5) is 18.8. The number of carbonyl (C=O) groups is 1. The van der Waals surface area contributed by atoms with E-state index in [1.807, 2.05) is 11.8 Å². The van der Waals surface area contributed by atoms with E-state index in [1.165, 1.54) is 12.1 Å². The maximum absolute atomic E-state index is 12.7. The molecule has 2 atom stereocenters. The summed E-state index contributed by atoms with van der Waals surface area (Å²) in [6.45, 7) is 3.39. The third-order valence-electron chi connectivity index (χ3n) is 5.06. The lowest BCUT2D eigenvalue weighted by Crippen LogP contribution is -2.47. The van der Waals surface area contributed by atoms with Gasteiger partial charge in [-0.1, -0.05) is 12.5 Å². The summed E-state index contributed by atoms with van der Waals surface area (Å²) in [6.07, 6.45) is 3.55. The number of nitrogens with one attached hydrogen (secondary N) is 2. The van der Waals surface area contributed by atoms with Crippen LogP contribution in [0.25, 0.3) is 0 Å². The minimum absolute atomic E-state index is 0.0756. The maximum atomic E-state index is 12.7. The molecule has 0 bridgehead atoms. The summed E-state index contributed by atoms with van der Waals surface area (Å²) in [5.41, 5.74) is 0.425. The molecule has 0 radical (unpaired) electrons. The highest BCUT2D eigenvalue weighted by molar-refractivity contribution is 7.90. The van der Waals surface area contributed by atoms with E-state index in [0.717, 1.165) is 19.3 Å². The first-order chi connectivity index (χ1) is 13.8. The first kappa shape index (κ1) is 21.9. The van der Waals surface area contributed by atoms with Gasteiger partial charge in [-0.25, -0.2) is 8.42 Å². The highest BCUT2D eigenvalue weighted by Gasteiger charge is 2.24. The Morgan fingerprint density at radius 3 is 2.93 bits per heavy atom. The highest BCUT2D eigenvalue weighted by Crippen LogP contribution is 2.17. The second-order valence-corrected chi connectivity index (χ2v) is 10.8. The number of hydrogen-bond donors (Lipinski definition) is 2. The van der Waals surface area contributed by atoms with E-state index in [1.54, 1.807) is 12.1 Å². The average molecular weight is 441 g/mol. The van der Waals surface area contributed by atoms with E-state index in [2.05, 4.69) is 15.0 Å². The van der Waals surface area contributed by atoms with Crippen LogP contribution in [0.5, 0.6) is 0 Å². The molecule has 2 unspecified atom stereocenters. The molecule has 0 aliphatic carbocycles. The summed E-state index contributed by atoms with van der Waals surface area (Å²) in [7, 11) is -4.57. The van der Waals surface area contributed by atoms with E-state index >= 15 is 0 Å². The lowest BCUT2D eigenvalue weighted by molar-refractivity contribution is -0.117. The zero-order chi connectivity index (χ0) is 20.9. The zero-order valence-corrected chi connectivity index (χ0v) is 18.2. The Balaban J connectivity index is 1.63. The molecule has 3 rings (SSSR count). The molecule has 1 amide bonds. The average Bonchev–Trinajstić information content (AvgIpc) is 2.92. The zero-order valence-electron chi connectivity index (χ0n) is 16.6. The van der Waals surface area contributed by atoms with Gasteiger partial charge in [-0.15, -0.1) is 0 Å². The molecule has 2 aliphatic rings. The minimum atomic E-state index is -3.75. The Labute approximate surface area is 174 Å². The Bertz CT molecular complexity index is 901. The van der Waals surface area contributed by atoms with Gasteiger partial charge in [0.2, 0.25) is 5.91 Å². The van der Waals surface area contributed by atoms with Crippen LogP contribution in [0.15, 0.2) is 34.2 Å². The van der Waals surface area contributed by atoms with Gasteiger partial charge < -0.3 is 5.32 Å². The lowest BCUT2D eigenvalue weighted by atomic mass is 10.2. The van der Waals surface area contributed by atoms with Crippen molar-refractivity contribution in [2.75, 3.05) is 36.5 Å². The van der Waals surface area contributed by atoms with E-state index in [-0.39, 0.29) is 23.4 Å². The van der Waals surface area contributed by atoms with Crippen molar-refractivity contribution in [1.82, 2.24) is 9.62 Å². The van der Waals surface area contributed by atoms with E-state index in [0.29, 0.717) is 42.5 Å². The predicted octanol–water partition coefficient (Wildman–Crippen LogP) is 1.33. The van der Waals surface area contributed by atoms with Crippen molar-refractivity contribution in [3.05, 3.63) is 24.3 Å².